The molecule has 16 heavy (non-hydrogen) atoms. The molecule has 5 N–H and O–H groups in total. The van der Waals surface area contributed by atoms with E-state index in [1.54, 1.807) is 0 Å². The predicted molar refractivity (Wildman–Crippen MR) is 62.0 cm³/mol. The summed E-state index contributed by atoms with van der Waals surface area (Å²) in [5, 5.41) is 5.74. The molecule has 0 fully saturated rings. The van der Waals surface area contributed by atoms with Gasteiger partial charge in [0, 0.05) is 6.54 Å². The number of carbonyl (C=O) groups excluding carboxylic acids is 1. The second-order valence-electron chi connectivity index (χ2n) is 2.84. The molecule has 1 amide bonds. The van der Waals surface area contributed by atoms with Crippen LogP contribution in [0.2, 0.25) is 5.02 Å². The maximum absolute atomic E-state index is 11.2. The lowest BCUT2D eigenvalue weighted by atomic mass is 10.5. The number of aromatic nitrogens is 2. The van der Waals surface area contributed by atoms with E-state index >= 15 is 0 Å². The Morgan fingerprint density at radius 2 is 2.38 bits per heavy atom. The van der Waals surface area contributed by atoms with Crippen molar-refractivity contribution in [2.45, 2.75) is 6.92 Å². The first-order valence-corrected chi connectivity index (χ1v) is 5.05. The molecule has 0 radical (unpaired) electrons. The van der Waals surface area contributed by atoms with Gasteiger partial charge in [-0.3, -0.25) is 10.2 Å². The molecule has 0 bridgehead atoms. The number of nitrogens with one attached hydrogen (secondary N) is 3. The number of hydrazine groups is 1. The Kier molecular flexibility index (Phi) is 4.74. The third-order valence-electron chi connectivity index (χ3n) is 1.66. The average molecular weight is 245 g/mol. The number of anilines is 2. The van der Waals surface area contributed by atoms with Crippen LogP contribution in [-0.4, -0.2) is 29.0 Å². The number of nitrogen functional groups attached to an aromatic ring is 1. The molecule has 0 aromatic carbocycles. The monoisotopic (exact) mass is 244 g/mol. The lowest BCUT2D eigenvalue weighted by molar-refractivity contribution is -0.119. The van der Waals surface area contributed by atoms with Gasteiger partial charge in [-0.2, -0.15) is 4.98 Å². The number of nitrogens with zero attached hydrogens (tertiary/aromatic N) is 2. The maximum Gasteiger partial charge on any atom is 0.239 e. The highest BCUT2D eigenvalue weighted by molar-refractivity contribution is 6.32. The molecule has 1 aromatic rings. The Morgan fingerprint density at radius 1 is 1.62 bits per heavy atom. The quantitative estimate of drug-likeness (QED) is 0.428. The molecule has 0 saturated carbocycles. The van der Waals surface area contributed by atoms with Gasteiger partial charge in [-0.05, 0) is 6.92 Å². The average Bonchev–Trinajstić information content (AvgIpc) is 2.28. The summed E-state index contributed by atoms with van der Waals surface area (Å²) in [4.78, 5) is 18.9. The summed E-state index contributed by atoms with van der Waals surface area (Å²) in [5.41, 5.74) is 2.29. The number of hydrogen-bond acceptors (Lipinski definition) is 6. The number of carbonyl (C=O) groups is 1. The van der Waals surface area contributed by atoms with Crippen LogP contribution in [-0.2, 0) is 4.79 Å². The van der Waals surface area contributed by atoms with E-state index in [0.29, 0.717) is 17.4 Å². The van der Waals surface area contributed by atoms with Crippen molar-refractivity contribution >= 4 is 29.3 Å². The van der Waals surface area contributed by atoms with Crippen molar-refractivity contribution in [2.75, 3.05) is 23.8 Å². The van der Waals surface area contributed by atoms with Gasteiger partial charge in [-0.25, -0.2) is 10.8 Å². The Hall–Kier alpha value is -1.60. The molecular weight excluding hydrogens is 232 g/mol. The van der Waals surface area contributed by atoms with Crippen molar-refractivity contribution in [2.24, 2.45) is 5.84 Å². The molecule has 0 aliphatic heterocycles. The minimum absolute atomic E-state index is 0.0918. The van der Waals surface area contributed by atoms with E-state index < -0.39 is 0 Å². The van der Waals surface area contributed by atoms with Gasteiger partial charge in [-0.1, -0.05) is 11.6 Å². The van der Waals surface area contributed by atoms with Gasteiger partial charge < -0.3 is 10.6 Å². The van der Waals surface area contributed by atoms with Crippen molar-refractivity contribution in [1.82, 2.24) is 15.3 Å². The first-order chi connectivity index (χ1) is 7.67. The van der Waals surface area contributed by atoms with E-state index in [1.807, 2.05) is 6.92 Å². The topological polar surface area (TPSA) is 105 Å². The van der Waals surface area contributed by atoms with Gasteiger partial charge in [-0.15, -0.1) is 0 Å². The smallest absolute Gasteiger partial charge is 0.239 e. The first-order valence-electron chi connectivity index (χ1n) is 4.67. The van der Waals surface area contributed by atoms with Crippen LogP contribution in [0.1, 0.15) is 6.92 Å². The standard InChI is InChI=1S/C8H13ClN6O/c1-2-11-6(16)4-12-7-5(9)3-13-8(14-7)15-10/h3H,2,4,10H2,1H3,(H,11,16)(H2,12,13,14,15). The van der Waals surface area contributed by atoms with Crippen LogP contribution < -0.4 is 21.9 Å². The normalized spacial score (nSPS) is 9.69. The summed E-state index contributed by atoms with van der Waals surface area (Å²) in [6, 6.07) is 0. The number of halogens is 1. The zero-order valence-corrected chi connectivity index (χ0v) is 9.51. The van der Waals surface area contributed by atoms with Gasteiger partial charge in [0.05, 0.1) is 12.7 Å². The van der Waals surface area contributed by atoms with Crippen molar-refractivity contribution in [3.8, 4) is 0 Å². The van der Waals surface area contributed by atoms with Gasteiger partial charge >= 0.3 is 0 Å². The fourth-order valence-corrected chi connectivity index (χ4v) is 1.14. The summed E-state index contributed by atoms with van der Waals surface area (Å²) < 4.78 is 0. The number of nitrogens with two attached hydrogens (primary N) is 1. The highest BCUT2D eigenvalue weighted by Gasteiger charge is 2.06. The highest BCUT2D eigenvalue weighted by Crippen LogP contribution is 2.18. The molecule has 8 heteroatoms. The van der Waals surface area contributed by atoms with Crippen LogP contribution >= 0.6 is 11.6 Å². The summed E-state index contributed by atoms with van der Waals surface area (Å²) >= 11 is 5.83. The van der Waals surface area contributed by atoms with Gasteiger partial charge in [0.1, 0.15) is 5.02 Å². The van der Waals surface area contributed by atoms with Crippen LogP contribution in [0.5, 0.6) is 0 Å². The summed E-state index contributed by atoms with van der Waals surface area (Å²) in [7, 11) is 0. The lowest BCUT2D eigenvalue weighted by Crippen LogP contribution is -2.29. The second-order valence-corrected chi connectivity index (χ2v) is 3.25. The molecule has 88 valence electrons. The molecule has 0 atom stereocenters. The van der Waals surface area contributed by atoms with E-state index in [1.165, 1.54) is 6.20 Å². The van der Waals surface area contributed by atoms with Crippen LogP contribution in [0, 0.1) is 0 Å². The molecule has 1 aromatic heterocycles. The van der Waals surface area contributed by atoms with Crippen molar-refractivity contribution in [3.63, 3.8) is 0 Å². The number of likely N-dealkylation sites (N-methyl/N-ethyl adjacent to an activating group) is 1. The second kappa shape index (κ2) is 6.09. The molecule has 0 unspecified atom stereocenters. The Bertz CT molecular complexity index is 372. The molecule has 0 aliphatic rings. The lowest BCUT2D eigenvalue weighted by Gasteiger charge is -2.08. The van der Waals surface area contributed by atoms with E-state index in [4.69, 9.17) is 17.4 Å². The van der Waals surface area contributed by atoms with E-state index in [2.05, 4.69) is 26.0 Å². The Morgan fingerprint density at radius 3 is 3.00 bits per heavy atom. The van der Waals surface area contributed by atoms with Crippen LogP contribution in [0.4, 0.5) is 11.8 Å². The largest absolute Gasteiger partial charge is 0.360 e. The minimum Gasteiger partial charge on any atom is -0.360 e. The van der Waals surface area contributed by atoms with Crippen LogP contribution in [0.25, 0.3) is 0 Å². The van der Waals surface area contributed by atoms with E-state index in [0.717, 1.165) is 0 Å². The van der Waals surface area contributed by atoms with Gasteiger partial charge in [0.15, 0.2) is 5.82 Å². The maximum atomic E-state index is 11.2. The number of amides is 1. The molecule has 1 heterocycles. The van der Waals surface area contributed by atoms with E-state index in [-0.39, 0.29) is 18.4 Å². The minimum atomic E-state index is -0.139. The van der Waals surface area contributed by atoms with E-state index in [9.17, 15) is 4.79 Å². The van der Waals surface area contributed by atoms with Crippen molar-refractivity contribution < 1.29 is 4.79 Å². The number of rotatable bonds is 5. The third kappa shape index (κ3) is 3.52. The molecule has 7 nitrogen and oxygen atoms in total. The molecule has 0 aliphatic carbocycles. The van der Waals surface area contributed by atoms with Gasteiger partial charge in [0.25, 0.3) is 0 Å². The highest BCUT2D eigenvalue weighted by atomic mass is 35.5. The van der Waals surface area contributed by atoms with Crippen molar-refractivity contribution in [3.05, 3.63) is 11.2 Å². The van der Waals surface area contributed by atoms with Gasteiger partial charge in [0.2, 0.25) is 11.9 Å². The zero-order chi connectivity index (χ0) is 12.0. The molecule has 0 saturated heterocycles. The van der Waals surface area contributed by atoms with Crippen LogP contribution in [0.15, 0.2) is 6.20 Å². The summed E-state index contributed by atoms with van der Waals surface area (Å²) in [5.74, 6) is 5.59. The Balaban J connectivity index is 2.62. The summed E-state index contributed by atoms with van der Waals surface area (Å²) in [6.07, 6.45) is 1.39. The summed E-state index contributed by atoms with van der Waals surface area (Å²) in [6.45, 7) is 2.51. The number of hydrogen-bond donors (Lipinski definition) is 4. The first kappa shape index (κ1) is 12.5. The molecule has 0 spiro atoms. The fourth-order valence-electron chi connectivity index (χ4n) is 0.984. The Labute approximate surface area is 97.8 Å². The molecule has 1 rings (SSSR count). The van der Waals surface area contributed by atoms with Crippen molar-refractivity contribution in [1.29, 1.82) is 0 Å². The SMILES string of the molecule is CCNC(=O)CNc1nc(NN)ncc1Cl. The predicted octanol–water partition coefficient (Wildman–Crippen LogP) is -0.0364. The third-order valence-corrected chi connectivity index (χ3v) is 1.94. The molecular formula is C8H13ClN6O. The van der Waals surface area contributed by atoms with Crippen LogP contribution in [0.3, 0.4) is 0 Å². The fraction of sp³-hybridized carbons (Fsp3) is 0.375. The zero-order valence-electron chi connectivity index (χ0n) is 8.75.